The highest BCUT2D eigenvalue weighted by atomic mass is 35.5. The van der Waals surface area contributed by atoms with Crippen molar-refractivity contribution in [1.82, 2.24) is 9.55 Å². The number of fused-ring (bicyclic) bond motifs is 1. The third-order valence-electron chi connectivity index (χ3n) is 6.03. The molecule has 0 unspecified atom stereocenters. The molecule has 0 saturated heterocycles. The number of nitrogens with zero attached hydrogens (tertiary/aromatic N) is 2. The molecule has 5 aromatic rings. The number of methoxy groups -OCH3 is 1. The van der Waals surface area contributed by atoms with Crippen LogP contribution in [0.4, 0.5) is 5.13 Å². The maximum atomic E-state index is 13.7. The second-order valence-corrected chi connectivity index (χ2v) is 9.95. The molecule has 0 amide bonds. The largest absolute Gasteiger partial charge is 0.506 e. The predicted molar refractivity (Wildman–Crippen MR) is 147 cm³/mol. The minimum Gasteiger partial charge on any atom is -0.506 e. The number of carbonyl (C=O) groups excluding carboxylic acids is 1. The second-order valence-electron chi connectivity index (χ2n) is 8.28. The van der Waals surface area contributed by atoms with Crippen LogP contribution < -0.4 is 15.6 Å². The molecule has 0 aliphatic rings. The Morgan fingerprint density at radius 3 is 2.46 bits per heavy atom. The highest BCUT2D eigenvalue weighted by molar-refractivity contribution is 7.19. The van der Waals surface area contributed by atoms with Gasteiger partial charge in [-0.25, -0.2) is 4.98 Å². The number of anilines is 1. The summed E-state index contributed by atoms with van der Waals surface area (Å²) < 4.78 is 7.21. The summed E-state index contributed by atoms with van der Waals surface area (Å²) in [5.74, 6) is -0.165. The maximum Gasteiger partial charge on any atom is 0.270 e. The van der Waals surface area contributed by atoms with E-state index in [1.54, 1.807) is 55.6 Å². The zero-order chi connectivity index (χ0) is 25.9. The van der Waals surface area contributed by atoms with Gasteiger partial charge in [0.15, 0.2) is 10.9 Å². The first-order valence-electron chi connectivity index (χ1n) is 11.4. The van der Waals surface area contributed by atoms with Gasteiger partial charge >= 0.3 is 0 Å². The van der Waals surface area contributed by atoms with Crippen LogP contribution in [0.15, 0.2) is 89.9 Å². The monoisotopic (exact) mass is 531 g/mol. The van der Waals surface area contributed by atoms with Crippen molar-refractivity contribution in [3.8, 4) is 17.2 Å². The van der Waals surface area contributed by atoms with Gasteiger partial charge in [-0.1, -0.05) is 65.4 Å². The maximum absolute atomic E-state index is 13.7. The molecule has 186 valence electrons. The van der Waals surface area contributed by atoms with Gasteiger partial charge in [-0.05, 0) is 42.0 Å². The van der Waals surface area contributed by atoms with Crippen LogP contribution in [0.3, 0.4) is 0 Å². The Balaban J connectivity index is 1.60. The summed E-state index contributed by atoms with van der Waals surface area (Å²) in [6.45, 7) is 0. The number of hydrogen-bond donors (Lipinski definition) is 2. The van der Waals surface area contributed by atoms with Crippen LogP contribution >= 0.6 is 22.9 Å². The van der Waals surface area contributed by atoms with Crippen molar-refractivity contribution in [1.29, 1.82) is 0 Å². The quantitative estimate of drug-likeness (QED) is 0.230. The lowest BCUT2D eigenvalue weighted by Crippen LogP contribution is -2.27. The normalized spacial score (nSPS) is 11.8. The third kappa shape index (κ3) is 4.94. The molecule has 0 aliphatic carbocycles. The molecule has 3 aromatic carbocycles. The number of ether oxygens (including phenoxy) is 1. The van der Waals surface area contributed by atoms with Crippen molar-refractivity contribution in [3.05, 3.63) is 111 Å². The number of Topliss-reactive ketones (excluding diaryl/α,β-unsaturated/α-hetero) is 1. The fourth-order valence-electron chi connectivity index (χ4n) is 4.26. The zero-order valence-corrected chi connectivity index (χ0v) is 21.3. The number of aromatic hydroxyl groups is 1. The minimum absolute atomic E-state index is 0.112. The van der Waals surface area contributed by atoms with E-state index in [4.69, 9.17) is 16.3 Å². The van der Waals surface area contributed by atoms with Crippen molar-refractivity contribution in [3.63, 3.8) is 0 Å². The third-order valence-corrected chi connectivity index (χ3v) is 7.08. The average molecular weight is 532 g/mol. The van der Waals surface area contributed by atoms with E-state index in [0.29, 0.717) is 31.8 Å². The molecular formula is C28H22ClN3O4S. The summed E-state index contributed by atoms with van der Waals surface area (Å²) >= 11 is 7.30. The molecule has 0 spiro atoms. The lowest BCUT2D eigenvalue weighted by molar-refractivity contribution is 0.0972. The van der Waals surface area contributed by atoms with E-state index in [9.17, 15) is 14.7 Å². The van der Waals surface area contributed by atoms with E-state index in [-0.39, 0.29) is 17.7 Å². The predicted octanol–water partition coefficient (Wildman–Crippen LogP) is 6.24. The van der Waals surface area contributed by atoms with Gasteiger partial charge in [0.25, 0.3) is 5.56 Å². The Bertz CT molecular complexity index is 1630. The van der Waals surface area contributed by atoms with Gasteiger partial charge in [0.05, 0.1) is 24.9 Å². The van der Waals surface area contributed by atoms with E-state index in [2.05, 4.69) is 10.3 Å². The van der Waals surface area contributed by atoms with Crippen LogP contribution in [0.1, 0.15) is 28.4 Å². The van der Waals surface area contributed by atoms with Crippen LogP contribution in [-0.2, 0) is 0 Å². The van der Waals surface area contributed by atoms with Crippen molar-refractivity contribution in [2.45, 2.75) is 12.5 Å². The molecule has 7 nitrogen and oxygen atoms in total. The van der Waals surface area contributed by atoms with E-state index in [1.165, 1.54) is 22.1 Å². The Labute approximate surface area is 221 Å². The molecule has 0 aliphatic heterocycles. The van der Waals surface area contributed by atoms with Gasteiger partial charge in [0, 0.05) is 17.5 Å². The molecule has 9 heteroatoms. The lowest BCUT2D eigenvalue weighted by atomic mass is 9.96. The number of thiazole rings is 1. The molecule has 2 heterocycles. The van der Waals surface area contributed by atoms with E-state index < -0.39 is 17.4 Å². The second kappa shape index (κ2) is 10.5. The molecule has 5 rings (SSSR count). The smallest absolute Gasteiger partial charge is 0.270 e. The fraction of sp³-hybridized carbons (Fsp3) is 0.107. The summed E-state index contributed by atoms with van der Waals surface area (Å²) in [5, 5.41) is 15.3. The van der Waals surface area contributed by atoms with Gasteiger partial charge in [0.2, 0.25) is 0 Å². The first kappa shape index (κ1) is 24.5. The zero-order valence-electron chi connectivity index (χ0n) is 19.7. The summed E-state index contributed by atoms with van der Waals surface area (Å²) in [6, 6.07) is 22.7. The number of nitrogens with one attached hydrogen (secondary N) is 1. The number of rotatable bonds is 8. The number of carbonyl (C=O) groups is 1. The van der Waals surface area contributed by atoms with Crippen LogP contribution in [0.5, 0.6) is 11.5 Å². The van der Waals surface area contributed by atoms with Gasteiger partial charge < -0.3 is 15.2 Å². The molecule has 0 saturated carbocycles. The SMILES string of the molecule is COc1ccc([C@@H](CC(=O)c2c(O)c3ccccc3n(-c3ccccc3)c2=O)Nc2ncc(Cl)s2)cc1. The van der Waals surface area contributed by atoms with Crippen molar-refractivity contribution in [2.75, 3.05) is 12.4 Å². The van der Waals surface area contributed by atoms with Gasteiger partial charge in [-0.2, -0.15) is 0 Å². The molecule has 37 heavy (non-hydrogen) atoms. The summed E-state index contributed by atoms with van der Waals surface area (Å²) in [5.41, 5.74) is 1.04. The van der Waals surface area contributed by atoms with Crippen LogP contribution in [0.2, 0.25) is 4.34 Å². The van der Waals surface area contributed by atoms with Gasteiger partial charge in [0.1, 0.15) is 21.4 Å². The van der Waals surface area contributed by atoms with Crippen molar-refractivity contribution >= 4 is 44.8 Å². The van der Waals surface area contributed by atoms with Crippen LogP contribution in [0, 0.1) is 0 Å². The molecule has 0 radical (unpaired) electrons. The topological polar surface area (TPSA) is 93.5 Å². The number of ketones is 1. The Morgan fingerprint density at radius 2 is 1.78 bits per heavy atom. The Morgan fingerprint density at radius 1 is 1.08 bits per heavy atom. The number of pyridine rings is 1. The molecule has 0 bridgehead atoms. The van der Waals surface area contributed by atoms with Crippen molar-refractivity contribution in [2.24, 2.45) is 0 Å². The molecule has 1 atom stereocenters. The Hall–Kier alpha value is -4.14. The van der Waals surface area contributed by atoms with Crippen molar-refractivity contribution < 1.29 is 14.6 Å². The number of halogens is 1. The summed E-state index contributed by atoms with van der Waals surface area (Å²) in [7, 11) is 1.58. The standard InChI is InChI=1S/C28H22ClN3O4S/c1-36-19-13-11-17(12-14-19)21(31-28-30-16-24(29)37-28)15-23(33)25-26(34)20-9-5-6-10-22(20)32(27(25)35)18-7-3-2-4-8-18/h2-14,16,21,34H,15H2,1H3,(H,30,31)/t21-/m1/s1. The first-order chi connectivity index (χ1) is 18.0. The minimum atomic E-state index is -0.585. The number of benzene rings is 3. The first-order valence-corrected chi connectivity index (χ1v) is 12.6. The number of aromatic nitrogens is 2. The Kier molecular flexibility index (Phi) is 6.94. The van der Waals surface area contributed by atoms with E-state index >= 15 is 0 Å². The highest BCUT2D eigenvalue weighted by Gasteiger charge is 2.26. The van der Waals surface area contributed by atoms with Crippen LogP contribution in [0.25, 0.3) is 16.6 Å². The molecular weight excluding hydrogens is 510 g/mol. The van der Waals surface area contributed by atoms with E-state index in [0.717, 1.165) is 5.56 Å². The number of hydrogen-bond acceptors (Lipinski definition) is 7. The number of para-hydroxylation sites is 2. The van der Waals surface area contributed by atoms with Crippen LogP contribution in [-0.4, -0.2) is 27.6 Å². The summed E-state index contributed by atoms with van der Waals surface area (Å²) in [6.07, 6.45) is 1.41. The lowest BCUT2D eigenvalue weighted by Gasteiger charge is -2.20. The van der Waals surface area contributed by atoms with E-state index in [1.807, 2.05) is 30.3 Å². The van der Waals surface area contributed by atoms with Gasteiger partial charge in [-0.15, -0.1) is 0 Å². The molecule has 2 N–H and O–H groups in total. The molecule has 0 fully saturated rings. The molecule has 2 aromatic heterocycles. The summed E-state index contributed by atoms with van der Waals surface area (Å²) in [4.78, 5) is 31.7. The highest BCUT2D eigenvalue weighted by Crippen LogP contribution is 2.33. The van der Waals surface area contributed by atoms with Gasteiger partial charge in [-0.3, -0.25) is 14.2 Å². The average Bonchev–Trinajstić information content (AvgIpc) is 3.33. The fourth-order valence-corrected chi connectivity index (χ4v) is 5.12.